The molecule has 96 valence electrons. The van der Waals surface area contributed by atoms with Crippen molar-refractivity contribution in [1.82, 2.24) is 15.2 Å². The number of esters is 1. The Bertz CT molecular complexity index is 571. The number of aliphatic hydroxyl groups is 1. The van der Waals surface area contributed by atoms with Crippen molar-refractivity contribution in [2.75, 3.05) is 0 Å². The van der Waals surface area contributed by atoms with Crippen molar-refractivity contribution >= 4 is 17.0 Å². The molecular weight excluding hydrogens is 234 g/mol. The molecule has 1 unspecified atom stereocenters. The number of ether oxygens (including phenoxy) is 1. The molecule has 6 heteroatoms. The SMILES string of the molecule is CC(C)(C)OC(=O)C(O)c1[nH]nc2ncccc12. The van der Waals surface area contributed by atoms with E-state index in [0.29, 0.717) is 16.7 Å². The smallest absolute Gasteiger partial charge is 0.341 e. The first kappa shape index (κ1) is 12.5. The maximum Gasteiger partial charge on any atom is 0.341 e. The Morgan fingerprint density at radius 3 is 2.89 bits per heavy atom. The Labute approximate surface area is 104 Å². The summed E-state index contributed by atoms with van der Waals surface area (Å²) < 4.78 is 5.12. The molecule has 0 saturated heterocycles. The van der Waals surface area contributed by atoms with Gasteiger partial charge in [-0.15, -0.1) is 0 Å². The van der Waals surface area contributed by atoms with E-state index in [9.17, 15) is 9.90 Å². The Hall–Kier alpha value is -1.95. The number of aliphatic hydroxyl groups excluding tert-OH is 1. The molecule has 2 rings (SSSR count). The summed E-state index contributed by atoms with van der Waals surface area (Å²) in [5.74, 6) is -0.711. The number of nitrogens with one attached hydrogen (secondary N) is 1. The molecule has 0 aromatic carbocycles. The van der Waals surface area contributed by atoms with Crippen LogP contribution >= 0.6 is 0 Å². The molecule has 2 aromatic heterocycles. The van der Waals surface area contributed by atoms with E-state index in [1.807, 2.05) is 0 Å². The van der Waals surface area contributed by atoms with Gasteiger partial charge in [0.2, 0.25) is 0 Å². The number of carbonyl (C=O) groups is 1. The third-order valence-corrected chi connectivity index (χ3v) is 2.26. The molecule has 0 aliphatic heterocycles. The van der Waals surface area contributed by atoms with Gasteiger partial charge in [0, 0.05) is 11.6 Å². The fourth-order valence-electron chi connectivity index (χ4n) is 1.55. The number of aromatic nitrogens is 3. The van der Waals surface area contributed by atoms with E-state index in [1.165, 1.54) is 0 Å². The summed E-state index contributed by atoms with van der Waals surface area (Å²) >= 11 is 0. The number of hydrogen-bond acceptors (Lipinski definition) is 5. The molecule has 0 saturated carbocycles. The number of aromatic amines is 1. The monoisotopic (exact) mass is 249 g/mol. The van der Waals surface area contributed by atoms with Gasteiger partial charge >= 0.3 is 5.97 Å². The van der Waals surface area contributed by atoms with Crippen LogP contribution in [0.2, 0.25) is 0 Å². The lowest BCUT2D eigenvalue weighted by atomic mass is 10.1. The summed E-state index contributed by atoms with van der Waals surface area (Å²) in [7, 11) is 0. The minimum Gasteiger partial charge on any atom is -0.458 e. The van der Waals surface area contributed by atoms with Gasteiger partial charge < -0.3 is 9.84 Å². The third-order valence-electron chi connectivity index (χ3n) is 2.26. The van der Waals surface area contributed by atoms with Gasteiger partial charge in [0.25, 0.3) is 0 Å². The molecule has 0 fully saturated rings. The number of hydrogen-bond donors (Lipinski definition) is 2. The molecule has 2 heterocycles. The first-order valence-corrected chi connectivity index (χ1v) is 5.58. The van der Waals surface area contributed by atoms with Crippen LogP contribution in [0.25, 0.3) is 11.0 Å². The first-order valence-electron chi connectivity index (χ1n) is 5.58. The van der Waals surface area contributed by atoms with Gasteiger partial charge in [-0.05, 0) is 32.9 Å². The van der Waals surface area contributed by atoms with Crippen molar-refractivity contribution in [3.05, 3.63) is 24.0 Å². The highest BCUT2D eigenvalue weighted by Gasteiger charge is 2.27. The molecule has 0 aliphatic carbocycles. The summed E-state index contributed by atoms with van der Waals surface area (Å²) in [5.41, 5.74) is 0.106. The van der Waals surface area contributed by atoms with Crippen molar-refractivity contribution in [3.63, 3.8) is 0 Å². The molecule has 0 bridgehead atoms. The van der Waals surface area contributed by atoms with Gasteiger partial charge in [0.05, 0.1) is 5.69 Å². The summed E-state index contributed by atoms with van der Waals surface area (Å²) in [4.78, 5) is 15.8. The number of pyridine rings is 1. The Morgan fingerprint density at radius 2 is 2.22 bits per heavy atom. The zero-order valence-electron chi connectivity index (χ0n) is 10.5. The van der Waals surface area contributed by atoms with E-state index < -0.39 is 17.7 Å². The number of H-pyrrole nitrogens is 1. The lowest BCUT2D eigenvalue weighted by molar-refractivity contribution is -0.165. The summed E-state index contributed by atoms with van der Waals surface area (Å²) in [6.45, 7) is 5.22. The van der Waals surface area contributed by atoms with Gasteiger partial charge in [0.15, 0.2) is 11.8 Å². The van der Waals surface area contributed by atoms with E-state index in [-0.39, 0.29) is 0 Å². The van der Waals surface area contributed by atoms with Crippen molar-refractivity contribution in [2.24, 2.45) is 0 Å². The average molecular weight is 249 g/mol. The molecule has 6 nitrogen and oxygen atoms in total. The maximum atomic E-state index is 11.8. The molecule has 0 aliphatic rings. The van der Waals surface area contributed by atoms with Crippen LogP contribution in [0, 0.1) is 0 Å². The van der Waals surface area contributed by atoms with Crippen LogP contribution in [0.3, 0.4) is 0 Å². The second kappa shape index (κ2) is 4.38. The highest BCUT2D eigenvalue weighted by atomic mass is 16.6. The van der Waals surface area contributed by atoms with Gasteiger partial charge in [-0.3, -0.25) is 5.10 Å². The van der Waals surface area contributed by atoms with Crippen molar-refractivity contribution in [1.29, 1.82) is 0 Å². The number of nitrogens with zero attached hydrogens (tertiary/aromatic N) is 2. The predicted octanol–water partition coefficient (Wildman–Crippen LogP) is 1.33. The zero-order valence-corrected chi connectivity index (χ0v) is 10.5. The zero-order chi connectivity index (χ0) is 13.3. The highest BCUT2D eigenvalue weighted by molar-refractivity contribution is 5.85. The van der Waals surface area contributed by atoms with Crippen molar-refractivity contribution < 1.29 is 14.6 Å². The van der Waals surface area contributed by atoms with Crippen LogP contribution in [0.5, 0.6) is 0 Å². The molecule has 18 heavy (non-hydrogen) atoms. The summed E-state index contributed by atoms with van der Waals surface area (Å²) in [6, 6.07) is 3.44. The van der Waals surface area contributed by atoms with Crippen LogP contribution in [-0.2, 0) is 9.53 Å². The standard InChI is InChI=1S/C12H15N3O3/c1-12(2,3)18-11(17)9(16)8-7-5-4-6-13-10(7)15-14-8/h4-6,9,16H,1-3H3,(H,13,14,15). The van der Waals surface area contributed by atoms with Crippen LogP contribution < -0.4 is 0 Å². The molecule has 2 aromatic rings. The van der Waals surface area contributed by atoms with E-state index >= 15 is 0 Å². The molecule has 0 spiro atoms. The third kappa shape index (κ3) is 2.48. The van der Waals surface area contributed by atoms with Gasteiger partial charge in [-0.1, -0.05) is 0 Å². The molecule has 1 atom stereocenters. The minimum absolute atomic E-state index is 0.298. The molecule has 2 N–H and O–H groups in total. The van der Waals surface area contributed by atoms with E-state index in [2.05, 4.69) is 15.2 Å². The van der Waals surface area contributed by atoms with Crippen molar-refractivity contribution in [2.45, 2.75) is 32.5 Å². The Balaban J connectivity index is 2.28. The largest absolute Gasteiger partial charge is 0.458 e. The lowest BCUT2D eigenvalue weighted by Crippen LogP contribution is -2.28. The van der Waals surface area contributed by atoms with E-state index in [0.717, 1.165) is 0 Å². The summed E-state index contributed by atoms with van der Waals surface area (Å²) in [6.07, 6.45) is 0.200. The quantitative estimate of drug-likeness (QED) is 0.784. The number of rotatable bonds is 2. The second-order valence-corrected chi connectivity index (χ2v) is 4.95. The Morgan fingerprint density at radius 1 is 1.50 bits per heavy atom. The van der Waals surface area contributed by atoms with Crippen LogP contribution in [0.1, 0.15) is 32.6 Å². The Kier molecular flexibility index (Phi) is 3.04. The fourth-order valence-corrected chi connectivity index (χ4v) is 1.55. The van der Waals surface area contributed by atoms with Gasteiger partial charge in [-0.2, -0.15) is 5.10 Å². The lowest BCUT2D eigenvalue weighted by Gasteiger charge is -2.21. The minimum atomic E-state index is -1.39. The second-order valence-electron chi connectivity index (χ2n) is 4.95. The van der Waals surface area contributed by atoms with Crippen LogP contribution in [0.4, 0.5) is 0 Å². The normalized spacial score (nSPS) is 13.6. The topological polar surface area (TPSA) is 88.1 Å². The van der Waals surface area contributed by atoms with Crippen molar-refractivity contribution in [3.8, 4) is 0 Å². The number of carbonyl (C=O) groups excluding carboxylic acids is 1. The molecular formula is C12H15N3O3. The molecule has 0 radical (unpaired) electrons. The summed E-state index contributed by atoms with van der Waals surface area (Å²) in [5, 5.41) is 17.1. The maximum absolute atomic E-state index is 11.8. The van der Waals surface area contributed by atoms with Gasteiger partial charge in [0.1, 0.15) is 5.60 Å². The molecule has 0 amide bonds. The average Bonchev–Trinajstić information content (AvgIpc) is 2.69. The van der Waals surface area contributed by atoms with Crippen LogP contribution in [-0.4, -0.2) is 31.9 Å². The first-order chi connectivity index (χ1) is 8.38. The fraction of sp³-hybridized carbons (Fsp3) is 0.417. The predicted molar refractivity (Wildman–Crippen MR) is 64.7 cm³/mol. The number of fused-ring (bicyclic) bond motifs is 1. The van der Waals surface area contributed by atoms with Gasteiger partial charge in [-0.25, -0.2) is 9.78 Å². The highest BCUT2D eigenvalue weighted by Crippen LogP contribution is 2.22. The van der Waals surface area contributed by atoms with E-state index in [4.69, 9.17) is 4.74 Å². The van der Waals surface area contributed by atoms with E-state index in [1.54, 1.807) is 39.1 Å². The van der Waals surface area contributed by atoms with Crippen LogP contribution in [0.15, 0.2) is 18.3 Å².